The smallest absolute Gasteiger partial charge is 0.335 e. The Balaban J connectivity index is 1.54. The van der Waals surface area contributed by atoms with Gasteiger partial charge in [-0.25, -0.2) is 9.78 Å². The van der Waals surface area contributed by atoms with Gasteiger partial charge in [0.05, 0.1) is 36.6 Å². The summed E-state index contributed by atoms with van der Waals surface area (Å²) in [4.78, 5) is 37.1. The number of nitrogens with zero attached hydrogens (tertiary/aromatic N) is 3. The van der Waals surface area contributed by atoms with Gasteiger partial charge < -0.3 is 19.9 Å². The van der Waals surface area contributed by atoms with Crippen LogP contribution in [0.15, 0.2) is 48.8 Å². The molecule has 9 heteroatoms. The largest absolute Gasteiger partial charge is 0.480 e. The van der Waals surface area contributed by atoms with Crippen molar-refractivity contribution < 1.29 is 24.2 Å². The first-order chi connectivity index (χ1) is 18.4. The van der Waals surface area contributed by atoms with Gasteiger partial charge >= 0.3 is 12.0 Å². The average molecular weight is 513 g/mol. The number of fused-ring (bicyclic) bond motifs is 1. The highest BCUT2D eigenvalue weighted by Gasteiger charge is 2.23. The van der Waals surface area contributed by atoms with Gasteiger partial charge in [-0.15, -0.1) is 0 Å². The van der Waals surface area contributed by atoms with E-state index in [1.165, 1.54) is 7.11 Å². The van der Waals surface area contributed by atoms with Crippen LogP contribution in [-0.4, -0.2) is 46.0 Å². The Bertz CT molecular complexity index is 1550. The fourth-order valence-electron chi connectivity index (χ4n) is 4.97. The zero-order valence-electron chi connectivity index (χ0n) is 21.4. The maximum absolute atomic E-state index is 12.1. The molecule has 0 spiro atoms. The topological polar surface area (TPSA) is 124 Å². The van der Waals surface area contributed by atoms with Crippen molar-refractivity contribution in [1.29, 1.82) is 0 Å². The molecule has 4 aromatic rings. The van der Waals surface area contributed by atoms with Crippen LogP contribution in [-0.2, 0) is 4.79 Å². The molecular formula is C29H28N4O5. The van der Waals surface area contributed by atoms with E-state index >= 15 is 0 Å². The molecule has 0 aliphatic heterocycles. The number of methoxy groups -OCH3 is 2. The van der Waals surface area contributed by atoms with Gasteiger partial charge in [-0.05, 0) is 66.6 Å². The Hall–Kier alpha value is -4.53. The number of Topliss-reactive ketones (excluding diaryl/α,β-unsaturated/α-hetero) is 1. The number of carboxylic acids is 1. The van der Waals surface area contributed by atoms with Crippen molar-refractivity contribution in [2.24, 2.45) is 0 Å². The maximum Gasteiger partial charge on any atom is 0.335 e. The van der Waals surface area contributed by atoms with Crippen LogP contribution >= 0.6 is 0 Å². The first kappa shape index (κ1) is 25.1. The van der Waals surface area contributed by atoms with E-state index in [-0.39, 0.29) is 23.3 Å². The molecule has 38 heavy (non-hydrogen) atoms. The summed E-state index contributed by atoms with van der Waals surface area (Å²) >= 11 is 0. The molecule has 1 saturated carbocycles. The molecule has 9 nitrogen and oxygen atoms in total. The standard InChI is InChI=1S/C29H28N4O5/c1-16-14-30-25-13-18(24-15-31-29(38-3)33-27(24)37-2)7-8-23(25)26(16)32-21-10-19(9-20(11-21)28(35)36)17-5-4-6-22(34)12-17/h7-11,13-15,17H,4-6,12H2,1-3H3,(H,30,32)(H,35,36). The second-order valence-corrected chi connectivity index (χ2v) is 9.43. The number of rotatable bonds is 7. The second kappa shape index (κ2) is 10.5. The van der Waals surface area contributed by atoms with E-state index in [1.54, 1.807) is 31.6 Å². The van der Waals surface area contributed by atoms with Crippen molar-refractivity contribution in [3.8, 4) is 23.0 Å². The van der Waals surface area contributed by atoms with Gasteiger partial charge in [0.15, 0.2) is 0 Å². The Morgan fingerprint density at radius 3 is 2.66 bits per heavy atom. The van der Waals surface area contributed by atoms with Crippen LogP contribution in [0.3, 0.4) is 0 Å². The van der Waals surface area contributed by atoms with Gasteiger partial charge in [-0.2, -0.15) is 4.98 Å². The minimum Gasteiger partial charge on any atom is -0.480 e. The number of aryl methyl sites for hydroxylation is 1. The van der Waals surface area contributed by atoms with Crippen molar-refractivity contribution in [3.05, 3.63) is 65.5 Å². The van der Waals surface area contributed by atoms with E-state index in [2.05, 4.69) is 20.3 Å². The second-order valence-electron chi connectivity index (χ2n) is 9.43. The van der Waals surface area contributed by atoms with E-state index in [0.29, 0.717) is 30.0 Å². The van der Waals surface area contributed by atoms with E-state index in [4.69, 9.17) is 9.47 Å². The number of ketones is 1. The first-order valence-electron chi connectivity index (χ1n) is 12.4. The molecule has 0 saturated heterocycles. The van der Waals surface area contributed by atoms with E-state index in [9.17, 15) is 14.7 Å². The van der Waals surface area contributed by atoms with Crippen LogP contribution in [0.2, 0.25) is 0 Å². The Labute approximate surface area is 219 Å². The molecule has 2 aromatic heterocycles. The molecule has 0 bridgehead atoms. The molecule has 1 fully saturated rings. The number of aromatic carboxylic acids is 1. The third-order valence-corrected chi connectivity index (χ3v) is 6.90. The zero-order valence-corrected chi connectivity index (χ0v) is 21.4. The minimum atomic E-state index is -1.01. The van der Waals surface area contributed by atoms with Gasteiger partial charge in [0, 0.05) is 36.3 Å². The highest BCUT2D eigenvalue weighted by atomic mass is 16.5. The van der Waals surface area contributed by atoms with Gasteiger partial charge in [-0.3, -0.25) is 9.78 Å². The van der Waals surface area contributed by atoms with Crippen molar-refractivity contribution in [2.75, 3.05) is 19.5 Å². The first-order valence-corrected chi connectivity index (χ1v) is 12.4. The van der Waals surface area contributed by atoms with Gasteiger partial charge in [0.25, 0.3) is 0 Å². The number of benzene rings is 2. The number of ether oxygens (including phenoxy) is 2. The number of anilines is 2. The predicted molar refractivity (Wildman–Crippen MR) is 144 cm³/mol. The molecular weight excluding hydrogens is 484 g/mol. The zero-order chi connectivity index (χ0) is 26.8. The predicted octanol–water partition coefficient (Wildman–Crippen LogP) is 5.69. The van der Waals surface area contributed by atoms with Gasteiger partial charge in [0.1, 0.15) is 5.78 Å². The maximum atomic E-state index is 12.1. The van der Waals surface area contributed by atoms with Crippen LogP contribution in [0, 0.1) is 6.92 Å². The molecule has 0 radical (unpaired) electrons. The minimum absolute atomic E-state index is 0.0237. The summed E-state index contributed by atoms with van der Waals surface area (Å²) in [5, 5.41) is 14.1. The summed E-state index contributed by atoms with van der Waals surface area (Å²) in [6, 6.07) is 11.3. The molecule has 2 aromatic carbocycles. The summed E-state index contributed by atoms with van der Waals surface area (Å²) < 4.78 is 10.5. The van der Waals surface area contributed by atoms with Crippen molar-refractivity contribution in [1.82, 2.24) is 15.0 Å². The molecule has 1 unspecified atom stereocenters. The molecule has 1 atom stereocenters. The summed E-state index contributed by atoms with van der Waals surface area (Å²) in [6.07, 6.45) is 6.16. The van der Waals surface area contributed by atoms with Crippen LogP contribution in [0.5, 0.6) is 11.9 Å². The molecule has 5 rings (SSSR count). The summed E-state index contributed by atoms with van der Waals surface area (Å²) in [6.45, 7) is 1.95. The molecule has 1 aliphatic rings. The number of hydrogen-bond acceptors (Lipinski definition) is 8. The number of pyridine rings is 1. The Kier molecular flexibility index (Phi) is 6.91. The quantitative estimate of drug-likeness (QED) is 0.321. The number of nitrogens with one attached hydrogen (secondary N) is 1. The fraction of sp³-hybridized carbons (Fsp3) is 0.276. The Morgan fingerprint density at radius 1 is 1.08 bits per heavy atom. The third-order valence-electron chi connectivity index (χ3n) is 6.90. The molecule has 1 aliphatic carbocycles. The van der Waals surface area contributed by atoms with E-state index in [1.807, 2.05) is 31.2 Å². The van der Waals surface area contributed by atoms with Gasteiger partial charge in [-0.1, -0.05) is 12.1 Å². The Morgan fingerprint density at radius 2 is 1.92 bits per heavy atom. The molecule has 2 N–H and O–H groups in total. The monoisotopic (exact) mass is 512 g/mol. The fourth-order valence-corrected chi connectivity index (χ4v) is 4.97. The van der Waals surface area contributed by atoms with Crippen LogP contribution < -0.4 is 14.8 Å². The van der Waals surface area contributed by atoms with Crippen molar-refractivity contribution in [3.63, 3.8) is 0 Å². The van der Waals surface area contributed by atoms with Crippen LogP contribution in [0.25, 0.3) is 22.0 Å². The van der Waals surface area contributed by atoms with E-state index in [0.717, 1.165) is 46.1 Å². The average Bonchev–Trinajstić information content (AvgIpc) is 2.93. The number of carboxylic acid groups (broad SMARTS) is 1. The number of carbonyl (C=O) groups is 2. The lowest BCUT2D eigenvalue weighted by atomic mass is 9.82. The lowest BCUT2D eigenvalue weighted by Crippen LogP contribution is -2.14. The highest BCUT2D eigenvalue weighted by Crippen LogP contribution is 2.37. The number of aromatic nitrogens is 3. The summed E-state index contributed by atoms with van der Waals surface area (Å²) in [5.41, 5.74) is 5.71. The SMILES string of the molecule is COc1ncc(-c2ccc3c(Nc4cc(C(=O)O)cc(C5CCCC(=O)C5)c4)c(C)cnc3c2)c(OC)n1. The van der Waals surface area contributed by atoms with Crippen LogP contribution in [0.4, 0.5) is 11.4 Å². The van der Waals surface area contributed by atoms with Crippen molar-refractivity contribution >= 4 is 34.0 Å². The van der Waals surface area contributed by atoms with Crippen molar-refractivity contribution in [2.45, 2.75) is 38.5 Å². The summed E-state index contributed by atoms with van der Waals surface area (Å²) in [7, 11) is 3.04. The molecule has 0 amide bonds. The normalized spacial score (nSPS) is 15.3. The molecule has 194 valence electrons. The number of hydrogen-bond donors (Lipinski definition) is 2. The lowest BCUT2D eigenvalue weighted by Gasteiger charge is -2.23. The third kappa shape index (κ3) is 5.00. The number of carbonyl (C=O) groups excluding carboxylic acids is 1. The summed E-state index contributed by atoms with van der Waals surface area (Å²) in [5.74, 6) is -0.368. The van der Waals surface area contributed by atoms with Gasteiger partial charge in [0.2, 0.25) is 5.88 Å². The highest BCUT2D eigenvalue weighted by molar-refractivity contribution is 5.97. The van der Waals surface area contributed by atoms with E-state index < -0.39 is 5.97 Å². The molecule has 2 heterocycles. The van der Waals surface area contributed by atoms with Crippen LogP contribution in [0.1, 0.15) is 53.1 Å². The lowest BCUT2D eigenvalue weighted by molar-refractivity contribution is -0.120.